The van der Waals surface area contributed by atoms with Crippen LogP contribution in [-0.2, 0) is 11.2 Å². The molecule has 1 heterocycles. The predicted octanol–water partition coefficient (Wildman–Crippen LogP) is 0.473. The molecule has 1 aromatic heterocycles. The average Bonchev–Trinajstić information content (AvgIpc) is 2.74. The van der Waals surface area contributed by atoms with Crippen molar-refractivity contribution in [2.75, 3.05) is 6.54 Å². The maximum atomic E-state index is 11.5. The average molecular weight is 270 g/mol. The molecule has 0 radical (unpaired) electrons. The van der Waals surface area contributed by atoms with Gasteiger partial charge in [0.2, 0.25) is 5.89 Å². The summed E-state index contributed by atoms with van der Waals surface area (Å²) in [7, 11) is 0. The molecule has 1 atom stereocenters. The van der Waals surface area contributed by atoms with E-state index in [0.717, 1.165) is 0 Å². The number of amides is 2. The van der Waals surface area contributed by atoms with E-state index in [0.29, 0.717) is 37.5 Å². The molecule has 0 aliphatic rings. The van der Waals surface area contributed by atoms with E-state index in [1.54, 1.807) is 6.92 Å². The molecule has 8 nitrogen and oxygen atoms in total. The summed E-state index contributed by atoms with van der Waals surface area (Å²) in [4.78, 5) is 26.3. The number of nitrogens with one attached hydrogen (secondary N) is 2. The maximum Gasteiger partial charge on any atom is 0.326 e. The van der Waals surface area contributed by atoms with Gasteiger partial charge in [0.15, 0.2) is 5.82 Å². The molecule has 2 amide bonds. The highest BCUT2D eigenvalue weighted by molar-refractivity contribution is 5.82. The number of rotatable bonds is 7. The van der Waals surface area contributed by atoms with Crippen LogP contribution in [0.3, 0.4) is 0 Å². The minimum Gasteiger partial charge on any atom is -0.480 e. The first-order valence-electron chi connectivity index (χ1n) is 6.09. The van der Waals surface area contributed by atoms with Gasteiger partial charge in [-0.2, -0.15) is 4.98 Å². The lowest BCUT2D eigenvalue weighted by Crippen LogP contribution is -2.46. The van der Waals surface area contributed by atoms with Crippen LogP contribution in [0.1, 0.15) is 31.5 Å². The number of nitrogens with zero attached hydrogens (tertiary/aromatic N) is 2. The van der Waals surface area contributed by atoms with Crippen molar-refractivity contribution >= 4 is 12.0 Å². The lowest BCUT2D eigenvalue weighted by Gasteiger charge is -2.13. The highest BCUT2D eigenvalue weighted by Crippen LogP contribution is 1.97. The summed E-state index contributed by atoms with van der Waals surface area (Å²) >= 11 is 0. The Hall–Kier alpha value is -2.12. The molecule has 1 aromatic rings. The SMILES string of the molecule is CCC[C@@H](NC(=O)NCCc1noc(C)n1)C(=O)O. The second-order valence-corrected chi connectivity index (χ2v) is 4.06. The zero-order chi connectivity index (χ0) is 14.3. The minimum absolute atomic E-state index is 0.309. The molecule has 0 saturated heterocycles. The van der Waals surface area contributed by atoms with E-state index in [1.807, 2.05) is 6.92 Å². The largest absolute Gasteiger partial charge is 0.480 e. The van der Waals surface area contributed by atoms with Gasteiger partial charge in [0.1, 0.15) is 6.04 Å². The third-order valence-electron chi connectivity index (χ3n) is 2.38. The van der Waals surface area contributed by atoms with Gasteiger partial charge >= 0.3 is 12.0 Å². The van der Waals surface area contributed by atoms with Crippen LogP contribution in [0.15, 0.2) is 4.52 Å². The highest BCUT2D eigenvalue weighted by atomic mass is 16.5. The van der Waals surface area contributed by atoms with Crippen LogP contribution >= 0.6 is 0 Å². The Balaban J connectivity index is 2.28. The molecule has 1 rings (SSSR count). The van der Waals surface area contributed by atoms with Crippen molar-refractivity contribution in [1.29, 1.82) is 0 Å². The van der Waals surface area contributed by atoms with Crippen molar-refractivity contribution in [3.05, 3.63) is 11.7 Å². The van der Waals surface area contributed by atoms with Gasteiger partial charge in [-0.05, 0) is 6.42 Å². The fourth-order valence-electron chi connectivity index (χ4n) is 1.49. The first kappa shape index (κ1) is 14.9. The molecule has 0 aliphatic heterocycles. The fraction of sp³-hybridized carbons (Fsp3) is 0.636. The number of hydrogen-bond donors (Lipinski definition) is 3. The summed E-state index contributed by atoms with van der Waals surface area (Å²) in [5.41, 5.74) is 0. The quantitative estimate of drug-likeness (QED) is 0.663. The third kappa shape index (κ3) is 5.36. The molecule has 19 heavy (non-hydrogen) atoms. The molecule has 0 bridgehead atoms. The van der Waals surface area contributed by atoms with Gasteiger partial charge in [0.25, 0.3) is 0 Å². The molecule has 0 aliphatic carbocycles. The zero-order valence-corrected chi connectivity index (χ0v) is 11.0. The third-order valence-corrected chi connectivity index (χ3v) is 2.38. The lowest BCUT2D eigenvalue weighted by molar-refractivity contribution is -0.139. The Labute approximate surface area is 110 Å². The minimum atomic E-state index is -1.04. The van der Waals surface area contributed by atoms with E-state index >= 15 is 0 Å². The van der Waals surface area contributed by atoms with Crippen molar-refractivity contribution in [3.8, 4) is 0 Å². The first-order valence-corrected chi connectivity index (χ1v) is 6.09. The predicted molar refractivity (Wildman–Crippen MR) is 65.6 cm³/mol. The fourth-order valence-corrected chi connectivity index (χ4v) is 1.49. The molecule has 8 heteroatoms. The Kier molecular flexibility index (Phi) is 5.77. The second-order valence-electron chi connectivity index (χ2n) is 4.06. The lowest BCUT2D eigenvalue weighted by atomic mass is 10.2. The number of carbonyl (C=O) groups is 2. The molecule has 106 valence electrons. The summed E-state index contributed by atoms with van der Waals surface area (Å²) in [5.74, 6) is -0.0692. The van der Waals surface area contributed by atoms with Crippen molar-refractivity contribution in [1.82, 2.24) is 20.8 Å². The number of aryl methyl sites for hydroxylation is 1. The summed E-state index contributed by atoms with van der Waals surface area (Å²) < 4.78 is 4.78. The normalized spacial score (nSPS) is 11.9. The van der Waals surface area contributed by atoms with Gasteiger partial charge in [-0.25, -0.2) is 9.59 Å². The van der Waals surface area contributed by atoms with Gasteiger partial charge in [-0.3, -0.25) is 0 Å². The van der Waals surface area contributed by atoms with Gasteiger partial charge in [0, 0.05) is 19.9 Å². The van der Waals surface area contributed by atoms with Gasteiger partial charge < -0.3 is 20.3 Å². The summed E-state index contributed by atoms with van der Waals surface area (Å²) in [6, 6.07) is -1.38. The van der Waals surface area contributed by atoms with Gasteiger partial charge in [-0.15, -0.1) is 0 Å². The van der Waals surface area contributed by atoms with E-state index < -0.39 is 18.0 Å². The monoisotopic (exact) mass is 270 g/mol. The second kappa shape index (κ2) is 7.34. The van der Waals surface area contributed by atoms with Crippen LogP contribution in [0.25, 0.3) is 0 Å². The number of carboxylic acid groups (broad SMARTS) is 1. The van der Waals surface area contributed by atoms with Gasteiger partial charge in [-0.1, -0.05) is 18.5 Å². The zero-order valence-electron chi connectivity index (χ0n) is 11.0. The van der Waals surface area contributed by atoms with E-state index in [9.17, 15) is 9.59 Å². The molecular weight excluding hydrogens is 252 g/mol. The van der Waals surface area contributed by atoms with Crippen molar-refractivity contribution in [2.24, 2.45) is 0 Å². The molecule has 0 unspecified atom stereocenters. The number of carboxylic acids is 1. The number of carbonyl (C=O) groups excluding carboxylic acids is 1. The van der Waals surface area contributed by atoms with Crippen LogP contribution in [0.2, 0.25) is 0 Å². The van der Waals surface area contributed by atoms with E-state index in [4.69, 9.17) is 9.63 Å². The van der Waals surface area contributed by atoms with E-state index in [2.05, 4.69) is 20.8 Å². The Morgan fingerprint density at radius 1 is 1.47 bits per heavy atom. The molecule has 0 fully saturated rings. The number of aromatic nitrogens is 2. The molecule has 0 saturated carbocycles. The van der Waals surface area contributed by atoms with Crippen LogP contribution in [0.5, 0.6) is 0 Å². The molecule has 0 aromatic carbocycles. The molecular formula is C11H18N4O4. The van der Waals surface area contributed by atoms with Crippen molar-refractivity contribution < 1.29 is 19.2 Å². The maximum absolute atomic E-state index is 11.5. The Morgan fingerprint density at radius 2 is 2.21 bits per heavy atom. The molecule has 0 spiro atoms. The summed E-state index contributed by atoms with van der Waals surface area (Å²) in [5, 5.41) is 17.5. The number of urea groups is 1. The Bertz CT molecular complexity index is 432. The Morgan fingerprint density at radius 3 is 2.74 bits per heavy atom. The van der Waals surface area contributed by atoms with Crippen LogP contribution < -0.4 is 10.6 Å². The van der Waals surface area contributed by atoms with Crippen LogP contribution in [-0.4, -0.2) is 39.8 Å². The van der Waals surface area contributed by atoms with Crippen molar-refractivity contribution in [2.45, 2.75) is 39.2 Å². The van der Waals surface area contributed by atoms with Gasteiger partial charge in [0.05, 0.1) is 0 Å². The topological polar surface area (TPSA) is 117 Å². The van der Waals surface area contributed by atoms with E-state index in [-0.39, 0.29) is 0 Å². The number of aliphatic carboxylic acids is 1. The van der Waals surface area contributed by atoms with Crippen molar-refractivity contribution in [3.63, 3.8) is 0 Å². The van der Waals surface area contributed by atoms with Crippen LogP contribution in [0.4, 0.5) is 4.79 Å². The summed E-state index contributed by atoms with van der Waals surface area (Å²) in [6.45, 7) is 3.84. The summed E-state index contributed by atoms with van der Waals surface area (Å²) in [6.07, 6.45) is 1.50. The first-order chi connectivity index (χ1) is 9.02. The molecule has 3 N–H and O–H groups in total. The van der Waals surface area contributed by atoms with Crippen LogP contribution in [0, 0.1) is 6.92 Å². The van der Waals surface area contributed by atoms with E-state index in [1.165, 1.54) is 0 Å². The highest BCUT2D eigenvalue weighted by Gasteiger charge is 2.18. The standard InChI is InChI=1S/C11H18N4O4/c1-3-4-8(10(16)17)14-11(18)12-6-5-9-13-7(2)19-15-9/h8H,3-6H2,1-2H3,(H,16,17)(H2,12,14,18)/t8-/m1/s1. The smallest absolute Gasteiger partial charge is 0.326 e. The number of hydrogen-bond acceptors (Lipinski definition) is 5.